The largest absolute Gasteiger partial charge is 0.441 e. The Balaban J connectivity index is 2.02. The lowest BCUT2D eigenvalue weighted by atomic mass is 9.79. The molecule has 0 saturated heterocycles. The fourth-order valence-electron chi connectivity index (χ4n) is 3.16. The second-order valence-electron chi connectivity index (χ2n) is 5.66. The van der Waals surface area contributed by atoms with E-state index in [2.05, 4.69) is 0 Å². The van der Waals surface area contributed by atoms with Crippen molar-refractivity contribution in [3.05, 3.63) is 48.0 Å². The minimum Gasteiger partial charge on any atom is -0.299 e. The second kappa shape index (κ2) is 5.61. The zero-order valence-electron chi connectivity index (χ0n) is 11.8. The fourth-order valence-corrected chi connectivity index (χ4v) is 4.04. The normalized spacial score (nSPS) is 22.4. The number of halogens is 3. The quantitative estimate of drug-likeness (QED) is 0.783. The van der Waals surface area contributed by atoms with Crippen LogP contribution in [0.4, 0.5) is 13.2 Å². The number of carbonyl (C=O) groups excluding carboxylic acids is 1. The van der Waals surface area contributed by atoms with Crippen molar-refractivity contribution in [2.75, 3.05) is 5.75 Å². The van der Waals surface area contributed by atoms with Crippen molar-refractivity contribution >= 4 is 28.3 Å². The number of hydrogen-bond acceptors (Lipinski definition) is 2. The van der Waals surface area contributed by atoms with Crippen LogP contribution < -0.4 is 0 Å². The number of carbonyl (C=O) groups is 1. The molecule has 1 unspecified atom stereocenters. The van der Waals surface area contributed by atoms with Crippen LogP contribution in [-0.2, 0) is 10.2 Å². The Morgan fingerprint density at radius 1 is 1.09 bits per heavy atom. The Labute approximate surface area is 130 Å². The van der Waals surface area contributed by atoms with Crippen molar-refractivity contribution in [3.8, 4) is 0 Å². The van der Waals surface area contributed by atoms with E-state index >= 15 is 0 Å². The molecule has 1 nitrogen and oxygen atoms in total. The second-order valence-corrected chi connectivity index (χ2v) is 6.70. The monoisotopic (exact) mass is 324 g/mol. The Kier molecular flexibility index (Phi) is 3.93. The third-order valence-corrected chi connectivity index (χ3v) is 5.29. The first-order valence-corrected chi connectivity index (χ1v) is 8.13. The lowest BCUT2D eigenvalue weighted by Crippen LogP contribution is -2.34. The summed E-state index contributed by atoms with van der Waals surface area (Å²) < 4.78 is 37.9. The molecule has 2 aromatic rings. The molecule has 0 aliphatic heterocycles. The van der Waals surface area contributed by atoms with Gasteiger partial charge in [-0.3, -0.25) is 4.79 Å². The standard InChI is InChI=1S/C17H15F3OS/c18-17(19,20)22-11-16(9-3-6-15(16)21)14-8-7-12-4-1-2-5-13(12)10-14/h1-2,4-5,7-8,10H,3,6,9,11H2. The molecular weight excluding hydrogens is 309 g/mol. The van der Waals surface area contributed by atoms with Crippen LogP contribution in [0.25, 0.3) is 10.8 Å². The highest BCUT2D eigenvalue weighted by atomic mass is 32.2. The van der Waals surface area contributed by atoms with Gasteiger partial charge in [0.15, 0.2) is 0 Å². The maximum atomic E-state index is 12.6. The summed E-state index contributed by atoms with van der Waals surface area (Å²) >= 11 is -0.0872. The average molecular weight is 324 g/mol. The highest BCUT2D eigenvalue weighted by Gasteiger charge is 2.46. The Morgan fingerprint density at radius 3 is 2.45 bits per heavy atom. The molecule has 2 aromatic carbocycles. The summed E-state index contributed by atoms with van der Waals surface area (Å²) in [6.45, 7) is 0. The predicted molar refractivity (Wildman–Crippen MR) is 83.0 cm³/mol. The summed E-state index contributed by atoms with van der Waals surface area (Å²) in [5.74, 6) is -0.298. The van der Waals surface area contributed by atoms with E-state index in [1.54, 1.807) is 0 Å². The van der Waals surface area contributed by atoms with Gasteiger partial charge in [-0.25, -0.2) is 0 Å². The maximum absolute atomic E-state index is 12.6. The minimum absolute atomic E-state index is 0.0699. The van der Waals surface area contributed by atoms with E-state index in [0.717, 1.165) is 10.8 Å². The Hall–Kier alpha value is -1.49. The number of alkyl halides is 3. The van der Waals surface area contributed by atoms with E-state index in [4.69, 9.17) is 0 Å². The van der Waals surface area contributed by atoms with E-state index in [9.17, 15) is 18.0 Å². The van der Waals surface area contributed by atoms with Gasteiger partial charge in [0.05, 0.1) is 5.41 Å². The summed E-state index contributed by atoms with van der Waals surface area (Å²) in [6.07, 6.45) is 1.52. The van der Waals surface area contributed by atoms with Crippen LogP contribution in [-0.4, -0.2) is 17.0 Å². The van der Waals surface area contributed by atoms with Gasteiger partial charge in [0.1, 0.15) is 5.78 Å². The van der Waals surface area contributed by atoms with Gasteiger partial charge in [-0.2, -0.15) is 13.2 Å². The molecule has 0 spiro atoms. The number of benzene rings is 2. The third-order valence-electron chi connectivity index (χ3n) is 4.33. The van der Waals surface area contributed by atoms with Gasteiger partial charge >= 0.3 is 5.51 Å². The predicted octanol–water partition coefficient (Wildman–Crippen LogP) is 5.08. The number of ketones is 1. The first-order valence-electron chi connectivity index (χ1n) is 7.14. The van der Waals surface area contributed by atoms with Crippen LogP contribution in [0.15, 0.2) is 42.5 Å². The molecule has 0 heterocycles. The van der Waals surface area contributed by atoms with Crippen LogP contribution in [0.5, 0.6) is 0 Å². The molecule has 0 radical (unpaired) electrons. The van der Waals surface area contributed by atoms with Crippen LogP contribution in [0.1, 0.15) is 24.8 Å². The first-order chi connectivity index (χ1) is 10.4. The number of fused-ring (bicyclic) bond motifs is 1. The van der Waals surface area contributed by atoms with Gasteiger partial charge in [0.2, 0.25) is 0 Å². The average Bonchev–Trinajstić information content (AvgIpc) is 2.86. The topological polar surface area (TPSA) is 17.1 Å². The van der Waals surface area contributed by atoms with Crippen molar-refractivity contribution in [1.82, 2.24) is 0 Å². The first kappa shape index (κ1) is 15.4. The number of Topliss-reactive ketones (excluding diaryl/α,β-unsaturated/α-hetero) is 1. The minimum atomic E-state index is -4.31. The molecule has 5 heteroatoms. The highest BCUT2D eigenvalue weighted by molar-refractivity contribution is 8.00. The molecule has 0 aromatic heterocycles. The molecule has 0 amide bonds. The van der Waals surface area contributed by atoms with Crippen molar-refractivity contribution in [3.63, 3.8) is 0 Å². The molecule has 116 valence electrons. The van der Waals surface area contributed by atoms with Crippen LogP contribution >= 0.6 is 11.8 Å². The van der Waals surface area contributed by atoms with Crippen molar-refractivity contribution in [2.24, 2.45) is 0 Å². The van der Waals surface area contributed by atoms with E-state index < -0.39 is 10.9 Å². The lowest BCUT2D eigenvalue weighted by molar-refractivity contribution is -0.121. The summed E-state index contributed by atoms with van der Waals surface area (Å²) in [7, 11) is 0. The van der Waals surface area contributed by atoms with Crippen molar-refractivity contribution in [1.29, 1.82) is 0 Å². The molecule has 0 bridgehead atoms. The fraction of sp³-hybridized carbons (Fsp3) is 0.353. The molecule has 1 saturated carbocycles. The van der Waals surface area contributed by atoms with Gasteiger partial charge in [-0.1, -0.05) is 42.5 Å². The highest BCUT2D eigenvalue weighted by Crippen LogP contribution is 2.45. The van der Waals surface area contributed by atoms with Gasteiger partial charge < -0.3 is 0 Å². The molecule has 3 rings (SSSR count). The van der Waals surface area contributed by atoms with Gasteiger partial charge in [-0.05, 0) is 40.9 Å². The summed E-state index contributed by atoms with van der Waals surface area (Å²) in [5, 5.41) is 1.98. The smallest absolute Gasteiger partial charge is 0.299 e. The molecule has 1 aliphatic rings. The summed E-state index contributed by atoms with van der Waals surface area (Å²) in [5.41, 5.74) is -4.60. The number of thioether (sulfide) groups is 1. The van der Waals surface area contributed by atoms with E-state index in [-0.39, 0.29) is 23.3 Å². The molecular formula is C17H15F3OS. The summed E-state index contributed by atoms with van der Waals surface area (Å²) in [4.78, 5) is 12.4. The molecule has 1 fully saturated rings. The molecule has 1 atom stereocenters. The van der Waals surface area contributed by atoms with E-state index in [1.807, 2.05) is 42.5 Å². The summed E-state index contributed by atoms with van der Waals surface area (Å²) in [6, 6.07) is 13.2. The Morgan fingerprint density at radius 2 is 1.82 bits per heavy atom. The van der Waals surface area contributed by atoms with Gasteiger partial charge in [0, 0.05) is 12.2 Å². The lowest BCUT2D eigenvalue weighted by Gasteiger charge is -2.28. The van der Waals surface area contributed by atoms with E-state index in [1.165, 1.54) is 0 Å². The van der Waals surface area contributed by atoms with Crippen LogP contribution in [0, 0.1) is 0 Å². The number of hydrogen-bond donors (Lipinski definition) is 0. The number of rotatable bonds is 3. The van der Waals surface area contributed by atoms with E-state index in [0.29, 0.717) is 24.8 Å². The zero-order valence-corrected chi connectivity index (χ0v) is 12.6. The van der Waals surface area contributed by atoms with Gasteiger partial charge in [0.25, 0.3) is 0 Å². The Bertz CT molecular complexity index is 710. The van der Waals surface area contributed by atoms with Crippen molar-refractivity contribution in [2.45, 2.75) is 30.2 Å². The third kappa shape index (κ3) is 2.86. The molecule has 22 heavy (non-hydrogen) atoms. The van der Waals surface area contributed by atoms with Crippen molar-refractivity contribution < 1.29 is 18.0 Å². The maximum Gasteiger partial charge on any atom is 0.441 e. The van der Waals surface area contributed by atoms with Crippen LogP contribution in [0.3, 0.4) is 0 Å². The zero-order chi connectivity index (χ0) is 15.8. The molecule has 0 N–H and O–H groups in total. The van der Waals surface area contributed by atoms with Crippen LogP contribution in [0.2, 0.25) is 0 Å². The SMILES string of the molecule is O=C1CCCC1(CSC(F)(F)F)c1ccc2ccccc2c1. The molecule has 1 aliphatic carbocycles. The van der Waals surface area contributed by atoms with Gasteiger partial charge in [-0.15, -0.1) is 0 Å².